The van der Waals surface area contributed by atoms with E-state index in [-0.39, 0.29) is 0 Å². The molecule has 0 aromatic carbocycles. The van der Waals surface area contributed by atoms with Gasteiger partial charge >= 0.3 is 0 Å². The van der Waals surface area contributed by atoms with Crippen molar-refractivity contribution in [2.45, 2.75) is 13.8 Å². The van der Waals surface area contributed by atoms with E-state index in [1.165, 1.54) is 0 Å². The first-order chi connectivity index (χ1) is 3.72. The Hall–Kier alpha value is -0.153. The fraction of sp³-hybridized carbons (Fsp3) is 0.400. The fourth-order valence-electron chi connectivity index (χ4n) is 0.279. The van der Waals surface area contributed by atoms with Gasteiger partial charge in [0.05, 0.1) is 0 Å². The van der Waals surface area contributed by atoms with E-state index in [4.69, 9.17) is 16.6 Å². The van der Waals surface area contributed by atoms with Gasteiger partial charge in [-0.05, 0) is 31.6 Å². The molecule has 0 bridgehead atoms. The van der Waals surface area contributed by atoms with Crippen LogP contribution >= 0.6 is 12.2 Å². The quantitative estimate of drug-likeness (QED) is 0.304. The lowest BCUT2D eigenvalue weighted by Gasteiger charge is -1.99. The minimum atomic E-state index is 0.638. The number of rotatable bonds is 1. The van der Waals surface area contributed by atoms with Crippen LogP contribution in [0.3, 0.4) is 0 Å². The second-order valence-corrected chi connectivity index (χ2v) is 2.24. The van der Waals surface area contributed by atoms with Crippen molar-refractivity contribution in [3.8, 4) is 0 Å². The Balaban J connectivity index is 3.83. The zero-order chi connectivity index (χ0) is 6.57. The summed E-state index contributed by atoms with van der Waals surface area (Å²) in [6.07, 6.45) is 1.94. The Bertz CT molecular complexity index is 120. The van der Waals surface area contributed by atoms with Crippen molar-refractivity contribution in [3.05, 3.63) is 11.6 Å². The maximum absolute atomic E-state index is 4.90. The standard InChI is InChI=1S/C5H10OSSi/c1-3-4(2)5(7)6-8/h3H,1-2,8H3. The van der Waals surface area contributed by atoms with Gasteiger partial charge in [0.25, 0.3) is 0 Å². The number of hydrogen-bond acceptors (Lipinski definition) is 2. The third kappa shape index (κ3) is 2.23. The van der Waals surface area contributed by atoms with Crippen LogP contribution in [0.1, 0.15) is 13.8 Å². The third-order valence-electron chi connectivity index (χ3n) is 0.940. The maximum Gasteiger partial charge on any atom is 0.205 e. The van der Waals surface area contributed by atoms with E-state index < -0.39 is 0 Å². The Morgan fingerprint density at radius 2 is 2.25 bits per heavy atom. The molecule has 0 aliphatic rings. The van der Waals surface area contributed by atoms with Gasteiger partial charge in [0, 0.05) is 0 Å². The topological polar surface area (TPSA) is 9.23 Å². The molecule has 0 unspecified atom stereocenters. The Morgan fingerprint density at radius 3 is 2.38 bits per heavy atom. The molecule has 0 rings (SSSR count). The summed E-state index contributed by atoms with van der Waals surface area (Å²) in [6.45, 7) is 3.89. The highest BCUT2D eigenvalue weighted by molar-refractivity contribution is 7.80. The van der Waals surface area contributed by atoms with Crippen LogP contribution in [0.25, 0.3) is 0 Å². The minimum absolute atomic E-state index is 0.638. The monoisotopic (exact) mass is 146 g/mol. The zero-order valence-corrected chi connectivity index (χ0v) is 8.21. The van der Waals surface area contributed by atoms with E-state index in [0.29, 0.717) is 15.5 Å². The minimum Gasteiger partial charge on any atom is -0.546 e. The zero-order valence-electron chi connectivity index (χ0n) is 5.39. The molecule has 0 saturated carbocycles. The molecular weight excluding hydrogens is 136 g/mol. The molecule has 0 radical (unpaired) electrons. The van der Waals surface area contributed by atoms with Crippen LogP contribution in [0.2, 0.25) is 0 Å². The summed E-state index contributed by atoms with van der Waals surface area (Å²) in [4.78, 5) is 0. The van der Waals surface area contributed by atoms with Crippen molar-refractivity contribution in [2.75, 3.05) is 0 Å². The van der Waals surface area contributed by atoms with Crippen molar-refractivity contribution in [3.63, 3.8) is 0 Å². The highest BCUT2D eigenvalue weighted by Gasteiger charge is 1.91. The summed E-state index contributed by atoms with van der Waals surface area (Å²) in [5, 5.41) is 0.638. The molecule has 0 amide bonds. The largest absolute Gasteiger partial charge is 0.546 e. The molecule has 0 atom stereocenters. The molecule has 0 spiro atoms. The molecule has 0 aliphatic heterocycles. The van der Waals surface area contributed by atoms with Crippen LogP contribution in [-0.4, -0.2) is 15.5 Å². The molecule has 0 heterocycles. The van der Waals surface area contributed by atoms with Crippen LogP contribution in [0, 0.1) is 0 Å². The van der Waals surface area contributed by atoms with Gasteiger partial charge in [-0.3, -0.25) is 0 Å². The molecule has 0 N–H and O–H groups in total. The van der Waals surface area contributed by atoms with Gasteiger partial charge in [-0.25, -0.2) is 0 Å². The lowest BCUT2D eigenvalue weighted by atomic mass is 10.3. The van der Waals surface area contributed by atoms with E-state index in [1.807, 2.05) is 19.9 Å². The Kier molecular flexibility index (Phi) is 3.73. The molecule has 0 aliphatic carbocycles. The number of hydrogen-bond donors (Lipinski definition) is 0. The van der Waals surface area contributed by atoms with Crippen LogP contribution in [0.4, 0.5) is 0 Å². The summed E-state index contributed by atoms with van der Waals surface area (Å²) in [5.41, 5.74) is 1.05. The second-order valence-electron chi connectivity index (χ2n) is 1.46. The summed E-state index contributed by atoms with van der Waals surface area (Å²) in [5.74, 6) is 0. The molecule has 8 heavy (non-hydrogen) atoms. The van der Waals surface area contributed by atoms with Crippen molar-refractivity contribution in [2.24, 2.45) is 0 Å². The smallest absolute Gasteiger partial charge is 0.205 e. The Morgan fingerprint density at radius 1 is 1.75 bits per heavy atom. The van der Waals surface area contributed by atoms with Gasteiger partial charge in [0.2, 0.25) is 10.5 Å². The third-order valence-corrected chi connectivity index (χ3v) is 2.13. The van der Waals surface area contributed by atoms with Crippen LogP contribution in [0.5, 0.6) is 0 Å². The molecule has 0 aromatic heterocycles. The Labute approximate surface area is 58.3 Å². The molecular formula is C5H10OSSi. The highest BCUT2D eigenvalue weighted by Crippen LogP contribution is 1.95. The molecule has 46 valence electrons. The fourth-order valence-corrected chi connectivity index (χ4v) is 0.719. The van der Waals surface area contributed by atoms with Crippen molar-refractivity contribution in [1.29, 1.82) is 0 Å². The maximum atomic E-state index is 4.90. The first-order valence-corrected chi connectivity index (χ1v) is 3.66. The second kappa shape index (κ2) is 3.80. The SMILES string of the molecule is CC=C(C)C(=S)O[SiH3]. The van der Waals surface area contributed by atoms with Gasteiger partial charge in [-0.2, -0.15) is 0 Å². The van der Waals surface area contributed by atoms with Crippen molar-refractivity contribution in [1.82, 2.24) is 0 Å². The van der Waals surface area contributed by atoms with Gasteiger partial charge in [-0.15, -0.1) is 0 Å². The summed E-state index contributed by atoms with van der Waals surface area (Å²) < 4.78 is 4.90. The van der Waals surface area contributed by atoms with E-state index >= 15 is 0 Å². The molecule has 3 heteroatoms. The number of thiocarbonyl (C=S) groups is 1. The molecule has 0 aromatic rings. The van der Waals surface area contributed by atoms with E-state index in [2.05, 4.69) is 0 Å². The predicted molar refractivity (Wildman–Crippen MR) is 43.1 cm³/mol. The van der Waals surface area contributed by atoms with Crippen molar-refractivity contribution < 1.29 is 4.43 Å². The van der Waals surface area contributed by atoms with Gasteiger partial charge in [-0.1, -0.05) is 6.08 Å². The summed E-state index contributed by atoms with van der Waals surface area (Å²) >= 11 is 4.82. The summed E-state index contributed by atoms with van der Waals surface area (Å²) in [7, 11) is 0.693. The normalized spacial score (nSPS) is 11.5. The first-order valence-electron chi connectivity index (χ1n) is 2.43. The lowest BCUT2D eigenvalue weighted by Crippen LogP contribution is -1.98. The van der Waals surface area contributed by atoms with Crippen molar-refractivity contribution >= 4 is 27.8 Å². The van der Waals surface area contributed by atoms with Crippen LogP contribution < -0.4 is 0 Å². The average molecular weight is 146 g/mol. The molecule has 1 nitrogen and oxygen atoms in total. The average Bonchev–Trinajstić information content (AvgIpc) is 1.84. The molecule has 0 fully saturated rings. The van der Waals surface area contributed by atoms with Gasteiger partial charge in [0.1, 0.15) is 0 Å². The lowest BCUT2D eigenvalue weighted by molar-refractivity contribution is 0.630. The van der Waals surface area contributed by atoms with E-state index in [1.54, 1.807) is 0 Å². The van der Waals surface area contributed by atoms with Gasteiger partial charge < -0.3 is 4.43 Å². The number of allylic oxidation sites excluding steroid dienone is 1. The first kappa shape index (κ1) is 7.85. The van der Waals surface area contributed by atoms with Crippen LogP contribution in [-0.2, 0) is 4.43 Å². The van der Waals surface area contributed by atoms with E-state index in [9.17, 15) is 0 Å². The van der Waals surface area contributed by atoms with E-state index in [0.717, 1.165) is 5.57 Å². The van der Waals surface area contributed by atoms with Gasteiger partial charge in [0.15, 0.2) is 5.05 Å². The summed E-state index contributed by atoms with van der Waals surface area (Å²) in [6, 6.07) is 0. The predicted octanol–water partition coefficient (Wildman–Crippen LogP) is 0.577. The highest BCUT2D eigenvalue weighted by atomic mass is 32.1. The molecule has 0 saturated heterocycles. The van der Waals surface area contributed by atoms with Crippen LogP contribution in [0.15, 0.2) is 11.6 Å².